The molecule has 0 amide bonds. The van der Waals surface area contributed by atoms with Gasteiger partial charge in [0.05, 0.1) is 17.6 Å². The molecule has 0 spiro atoms. The minimum absolute atomic E-state index is 0.0712. The van der Waals surface area contributed by atoms with Gasteiger partial charge in [-0.2, -0.15) is 5.26 Å². The number of thioether (sulfide) groups is 1. The van der Waals surface area contributed by atoms with Crippen molar-refractivity contribution in [2.24, 2.45) is 0 Å². The van der Waals surface area contributed by atoms with Crippen LogP contribution in [0.25, 0.3) is 0 Å². The quantitative estimate of drug-likeness (QED) is 0.788. The number of carboxylic acid groups (broad SMARTS) is 1. The molecule has 19 heavy (non-hydrogen) atoms. The van der Waals surface area contributed by atoms with E-state index in [0.29, 0.717) is 16.3 Å². The number of hydrogen-bond donors (Lipinski definition) is 0. The first kappa shape index (κ1) is 13.1. The van der Waals surface area contributed by atoms with Crippen molar-refractivity contribution >= 4 is 17.7 Å². The zero-order valence-corrected chi connectivity index (χ0v) is 10.7. The molecule has 0 saturated carbocycles. The number of carbonyl (C=O) groups is 1. The van der Waals surface area contributed by atoms with Crippen molar-refractivity contribution in [3.63, 3.8) is 0 Å². The average Bonchev–Trinajstić information content (AvgIpc) is 2.45. The normalized spacial score (nSPS) is 9.84. The number of rotatable bonds is 4. The van der Waals surface area contributed by atoms with Crippen LogP contribution in [0, 0.1) is 11.3 Å². The van der Waals surface area contributed by atoms with Crippen molar-refractivity contribution < 1.29 is 9.90 Å². The zero-order valence-electron chi connectivity index (χ0n) is 9.87. The van der Waals surface area contributed by atoms with Gasteiger partial charge in [0.2, 0.25) is 0 Å². The summed E-state index contributed by atoms with van der Waals surface area (Å²) in [4.78, 5) is 15.0. The van der Waals surface area contributed by atoms with Crippen molar-refractivity contribution in [1.82, 2.24) is 4.98 Å². The molecule has 0 unspecified atom stereocenters. The summed E-state index contributed by atoms with van der Waals surface area (Å²) >= 11 is 1.27. The first-order valence-electron chi connectivity index (χ1n) is 5.49. The molecule has 1 aromatic carbocycles. The van der Waals surface area contributed by atoms with E-state index in [-0.39, 0.29) is 5.56 Å². The van der Waals surface area contributed by atoms with Crippen molar-refractivity contribution in [3.05, 3.63) is 59.3 Å². The molecule has 0 N–H and O–H groups in total. The lowest BCUT2D eigenvalue weighted by Crippen LogP contribution is -2.23. The predicted octanol–water partition coefficient (Wildman–Crippen LogP) is 1.61. The summed E-state index contributed by atoms with van der Waals surface area (Å²) in [5, 5.41) is 20.3. The maximum atomic E-state index is 10.9. The summed E-state index contributed by atoms with van der Waals surface area (Å²) in [5.74, 6) is -0.759. The van der Waals surface area contributed by atoms with Crippen LogP contribution in [-0.4, -0.2) is 11.0 Å². The Bertz CT molecular complexity index is 650. The maximum absolute atomic E-state index is 10.9. The van der Waals surface area contributed by atoms with Gasteiger partial charge in [0.1, 0.15) is 5.03 Å². The van der Waals surface area contributed by atoms with Crippen LogP contribution in [0.15, 0.2) is 47.6 Å². The van der Waals surface area contributed by atoms with Crippen LogP contribution in [0.4, 0.5) is 0 Å². The topological polar surface area (TPSA) is 76.8 Å². The Morgan fingerprint density at radius 2 is 2.11 bits per heavy atom. The second-order valence-electron chi connectivity index (χ2n) is 3.70. The molecule has 0 saturated heterocycles. The highest BCUT2D eigenvalue weighted by molar-refractivity contribution is 7.98. The number of nitrogens with zero attached hydrogens (tertiary/aromatic N) is 2. The lowest BCUT2D eigenvalue weighted by molar-refractivity contribution is -0.255. The molecule has 0 radical (unpaired) electrons. The third kappa shape index (κ3) is 3.12. The average molecular weight is 269 g/mol. The second-order valence-corrected chi connectivity index (χ2v) is 4.67. The van der Waals surface area contributed by atoms with Gasteiger partial charge in [-0.15, -0.1) is 11.8 Å². The molecule has 1 heterocycles. The molecule has 4 nitrogen and oxygen atoms in total. The van der Waals surface area contributed by atoms with Gasteiger partial charge in [0.15, 0.2) is 0 Å². The van der Waals surface area contributed by atoms with E-state index in [0.717, 1.165) is 5.56 Å². The van der Waals surface area contributed by atoms with Crippen LogP contribution in [0.2, 0.25) is 0 Å². The number of aromatic carboxylic acids is 1. The molecule has 2 rings (SSSR count). The zero-order chi connectivity index (χ0) is 13.7. The molecule has 0 fully saturated rings. The molecule has 0 aliphatic rings. The fourth-order valence-electron chi connectivity index (χ4n) is 1.56. The van der Waals surface area contributed by atoms with Gasteiger partial charge in [-0.3, -0.25) is 0 Å². The highest BCUT2D eigenvalue weighted by Gasteiger charge is 2.07. The molecule has 0 aliphatic carbocycles. The third-order valence-electron chi connectivity index (χ3n) is 2.49. The first-order chi connectivity index (χ1) is 9.22. The highest BCUT2D eigenvalue weighted by atomic mass is 32.2. The summed E-state index contributed by atoms with van der Waals surface area (Å²) in [5.41, 5.74) is 1.51. The van der Waals surface area contributed by atoms with Crippen LogP contribution < -0.4 is 5.11 Å². The van der Waals surface area contributed by atoms with E-state index in [1.54, 1.807) is 18.2 Å². The lowest BCUT2D eigenvalue weighted by atomic mass is 10.1. The Morgan fingerprint density at radius 1 is 1.32 bits per heavy atom. The second kappa shape index (κ2) is 6.03. The fraction of sp³-hybridized carbons (Fsp3) is 0.0714. The molecule has 94 valence electrons. The van der Waals surface area contributed by atoms with Crippen LogP contribution in [0.3, 0.4) is 0 Å². The largest absolute Gasteiger partial charge is 0.545 e. The predicted molar refractivity (Wildman–Crippen MR) is 69.3 cm³/mol. The van der Waals surface area contributed by atoms with Gasteiger partial charge in [-0.25, -0.2) is 4.98 Å². The van der Waals surface area contributed by atoms with Crippen molar-refractivity contribution in [3.8, 4) is 6.07 Å². The molecule has 2 aromatic rings. The Hall–Kier alpha value is -2.32. The molecule has 5 heteroatoms. The number of hydrogen-bond acceptors (Lipinski definition) is 5. The van der Waals surface area contributed by atoms with Gasteiger partial charge < -0.3 is 9.90 Å². The Labute approximate surface area is 114 Å². The van der Waals surface area contributed by atoms with Crippen LogP contribution in [0.1, 0.15) is 21.5 Å². The van der Waals surface area contributed by atoms with E-state index in [2.05, 4.69) is 11.1 Å². The van der Waals surface area contributed by atoms with Crippen LogP contribution in [0.5, 0.6) is 0 Å². The Morgan fingerprint density at radius 3 is 2.84 bits per heavy atom. The number of carboxylic acids is 1. The summed E-state index contributed by atoms with van der Waals surface area (Å²) < 4.78 is 0. The van der Waals surface area contributed by atoms with Gasteiger partial charge in [0.25, 0.3) is 0 Å². The number of pyridine rings is 1. The highest BCUT2D eigenvalue weighted by Crippen LogP contribution is 2.25. The van der Waals surface area contributed by atoms with Gasteiger partial charge in [-0.05, 0) is 23.8 Å². The van der Waals surface area contributed by atoms with E-state index < -0.39 is 5.97 Å². The number of carbonyl (C=O) groups excluding carboxylic acids is 1. The standard InChI is InChI=1S/C14H10N2O2S/c15-8-10-4-1-2-5-11(10)9-19-13-12(14(17)18)6-3-7-16-13/h1-7H,9H2,(H,17,18)/p-1. The molecule has 0 aliphatic heterocycles. The van der Waals surface area contributed by atoms with Crippen molar-refractivity contribution in [2.75, 3.05) is 0 Å². The minimum Gasteiger partial charge on any atom is -0.545 e. The van der Waals surface area contributed by atoms with Crippen LogP contribution >= 0.6 is 11.8 Å². The van der Waals surface area contributed by atoms with E-state index in [1.807, 2.05) is 12.1 Å². The summed E-state index contributed by atoms with van der Waals surface area (Å²) in [7, 11) is 0. The van der Waals surface area contributed by atoms with Gasteiger partial charge >= 0.3 is 0 Å². The SMILES string of the molecule is N#Cc1ccccc1CSc1ncccc1C(=O)[O-]. The number of nitriles is 1. The molecule has 1 aromatic heterocycles. The Balaban J connectivity index is 2.20. The smallest absolute Gasteiger partial charge is 0.105 e. The minimum atomic E-state index is -1.25. The molecule has 0 atom stereocenters. The van der Waals surface area contributed by atoms with E-state index in [4.69, 9.17) is 5.26 Å². The van der Waals surface area contributed by atoms with Crippen LogP contribution in [-0.2, 0) is 5.75 Å². The Kier molecular flexibility index (Phi) is 4.16. The van der Waals surface area contributed by atoms with E-state index in [9.17, 15) is 9.90 Å². The monoisotopic (exact) mass is 269 g/mol. The molecular formula is C14H9N2O2S-. The van der Waals surface area contributed by atoms with E-state index >= 15 is 0 Å². The summed E-state index contributed by atoms with van der Waals surface area (Å²) in [6.45, 7) is 0. The first-order valence-corrected chi connectivity index (χ1v) is 6.48. The van der Waals surface area contributed by atoms with Gasteiger partial charge in [0, 0.05) is 17.5 Å². The summed E-state index contributed by atoms with van der Waals surface area (Å²) in [6.07, 6.45) is 1.53. The summed E-state index contributed by atoms with van der Waals surface area (Å²) in [6, 6.07) is 12.3. The molecular weight excluding hydrogens is 260 g/mol. The van der Waals surface area contributed by atoms with E-state index in [1.165, 1.54) is 24.0 Å². The third-order valence-corrected chi connectivity index (χ3v) is 3.55. The number of aromatic nitrogens is 1. The lowest BCUT2D eigenvalue weighted by Gasteiger charge is -2.09. The van der Waals surface area contributed by atoms with Crippen molar-refractivity contribution in [2.45, 2.75) is 10.8 Å². The van der Waals surface area contributed by atoms with Crippen molar-refractivity contribution in [1.29, 1.82) is 5.26 Å². The maximum Gasteiger partial charge on any atom is 0.105 e. The fourth-order valence-corrected chi connectivity index (χ4v) is 2.55. The molecule has 0 bridgehead atoms. The number of benzene rings is 1. The van der Waals surface area contributed by atoms with Gasteiger partial charge in [-0.1, -0.05) is 18.2 Å².